The summed E-state index contributed by atoms with van der Waals surface area (Å²) in [5, 5.41) is 10.8. The van der Waals surface area contributed by atoms with Crippen LogP contribution in [0.4, 0.5) is 15.8 Å². The summed E-state index contributed by atoms with van der Waals surface area (Å²) in [7, 11) is 0. The van der Waals surface area contributed by atoms with E-state index in [0.29, 0.717) is 11.1 Å². The second-order valence-corrected chi connectivity index (χ2v) is 6.69. The van der Waals surface area contributed by atoms with E-state index in [4.69, 9.17) is 0 Å². The highest BCUT2D eigenvalue weighted by Gasteiger charge is 2.09. The largest absolute Gasteiger partial charge is 0.494 e. The van der Waals surface area contributed by atoms with Crippen molar-refractivity contribution in [2.45, 2.75) is 33.1 Å². The molecule has 27 heavy (non-hydrogen) atoms. The maximum Gasteiger partial charge on any atom is 0.198 e. The van der Waals surface area contributed by atoms with Gasteiger partial charge in [-0.25, -0.2) is 4.39 Å². The molecule has 0 fully saturated rings. The molecule has 0 saturated carbocycles. The zero-order valence-corrected chi connectivity index (χ0v) is 15.9. The van der Waals surface area contributed by atoms with E-state index >= 15 is 0 Å². The Labute approximate surface area is 159 Å². The Morgan fingerprint density at radius 3 is 2.56 bits per heavy atom. The van der Waals surface area contributed by atoms with Crippen molar-refractivity contribution in [3.8, 4) is 5.88 Å². The molecule has 3 rings (SSSR count). The van der Waals surface area contributed by atoms with Gasteiger partial charge in [-0.2, -0.15) is 0 Å². The molecule has 0 amide bonds. The van der Waals surface area contributed by atoms with Crippen LogP contribution in [0.5, 0.6) is 5.88 Å². The van der Waals surface area contributed by atoms with Crippen LogP contribution < -0.4 is 4.90 Å². The van der Waals surface area contributed by atoms with Crippen LogP contribution in [0.25, 0.3) is 10.9 Å². The number of aliphatic imine (C=N–C) groups is 1. The maximum atomic E-state index is 13.3. The molecule has 0 spiro atoms. The number of aromatic amines is 1. The third-order valence-corrected chi connectivity index (χ3v) is 4.61. The van der Waals surface area contributed by atoms with E-state index in [2.05, 4.69) is 40.9 Å². The number of nitrogens with one attached hydrogen (secondary N) is 1. The minimum absolute atomic E-state index is 0.00958. The number of fused-ring (bicyclic) bond motifs is 1. The molecule has 0 radical (unpaired) electrons. The molecule has 0 atom stereocenters. The van der Waals surface area contributed by atoms with E-state index in [1.165, 1.54) is 30.7 Å². The summed E-state index contributed by atoms with van der Waals surface area (Å²) in [5.74, 6) is -0.354. The first-order valence-corrected chi connectivity index (χ1v) is 9.51. The Balaban J connectivity index is 1.79. The van der Waals surface area contributed by atoms with Crippen LogP contribution in [-0.2, 0) is 0 Å². The summed E-state index contributed by atoms with van der Waals surface area (Å²) in [6, 6.07) is 12.5. The lowest BCUT2D eigenvalue weighted by molar-refractivity contribution is 0.457. The van der Waals surface area contributed by atoms with Gasteiger partial charge in [-0.05, 0) is 55.3 Å². The van der Waals surface area contributed by atoms with Crippen LogP contribution in [0, 0.1) is 5.82 Å². The first-order valence-electron chi connectivity index (χ1n) is 9.51. The van der Waals surface area contributed by atoms with Gasteiger partial charge < -0.3 is 15.0 Å². The predicted molar refractivity (Wildman–Crippen MR) is 111 cm³/mol. The molecule has 0 unspecified atom stereocenters. The van der Waals surface area contributed by atoms with Gasteiger partial charge in [-0.1, -0.05) is 20.3 Å². The number of H-pyrrole nitrogens is 1. The molecule has 0 saturated heterocycles. The highest BCUT2D eigenvalue weighted by Crippen LogP contribution is 2.27. The van der Waals surface area contributed by atoms with Crippen molar-refractivity contribution in [1.82, 2.24) is 4.98 Å². The number of benzene rings is 2. The van der Waals surface area contributed by atoms with Gasteiger partial charge in [0, 0.05) is 30.4 Å². The van der Waals surface area contributed by atoms with Gasteiger partial charge in [0.15, 0.2) is 5.88 Å². The number of nitrogens with zero attached hydrogens (tertiary/aromatic N) is 2. The summed E-state index contributed by atoms with van der Waals surface area (Å²) in [4.78, 5) is 9.65. The normalized spacial score (nSPS) is 11.5. The molecule has 1 aromatic heterocycles. The summed E-state index contributed by atoms with van der Waals surface area (Å²) < 4.78 is 13.3. The fraction of sp³-hybridized carbons (Fsp3) is 0.318. The van der Waals surface area contributed by atoms with Crippen molar-refractivity contribution in [2.75, 3.05) is 18.0 Å². The molecule has 2 N–H and O–H groups in total. The number of anilines is 1. The van der Waals surface area contributed by atoms with Crippen molar-refractivity contribution in [1.29, 1.82) is 0 Å². The lowest BCUT2D eigenvalue weighted by Crippen LogP contribution is -2.24. The van der Waals surface area contributed by atoms with Gasteiger partial charge in [0.2, 0.25) is 0 Å². The van der Waals surface area contributed by atoms with Crippen molar-refractivity contribution in [2.24, 2.45) is 4.99 Å². The second kappa shape index (κ2) is 8.71. The Morgan fingerprint density at radius 2 is 1.85 bits per heavy atom. The molecule has 2 aromatic carbocycles. The summed E-state index contributed by atoms with van der Waals surface area (Å²) >= 11 is 0. The number of aromatic nitrogens is 1. The second-order valence-electron chi connectivity index (χ2n) is 6.69. The lowest BCUT2D eigenvalue weighted by Gasteiger charge is -2.24. The Bertz CT molecular complexity index is 915. The van der Waals surface area contributed by atoms with E-state index in [1.54, 1.807) is 12.3 Å². The van der Waals surface area contributed by atoms with Crippen LogP contribution in [0.1, 0.15) is 38.7 Å². The van der Waals surface area contributed by atoms with Gasteiger partial charge in [0.1, 0.15) is 5.82 Å². The minimum Gasteiger partial charge on any atom is -0.494 e. The summed E-state index contributed by atoms with van der Waals surface area (Å²) in [6.07, 6.45) is 5.09. The summed E-state index contributed by atoms with van der Waals surface area (Å²) in [5.41, 5.74) is 3.12. The molecular formula is C22H26FN3O. The lowest BCUT2D eigenvalue weighted by atomic mass is 10.2. The molecular weight excluding hydrogens is 341 g/mol. The molecule has 0 aliphatic carbocycles. The van der Waals surface area contributed by atoms with Crippen molar-refractivity contribution in [3.05, 3.63) is 53.8 Å². The molecule has 3 aromatic rings. The minimum atomic E-state index is -0.345. The van der Waals surface area contributed by atoms with E-state index in [9.17, 15) is 9.50 Å². The number of unbranched alkanes of at least 4 members (excludes halogenated alkanes) is 1. The predicted octanol–water partition coefficient (Wildman–Crippen LogP) is 5.78. The van der Waals surface area contributed by atoms with E-state index in [-0.39, 0.29) is 11.7 Å². The molecule has 0 aliphatic heterocycles. The van der Waals surface area contributed by atoms with Crippen LogP contribution in [0.15, 0.2) is 47.5 Å². The first kappa shape index (κ1) is 19.0. The Kier molecular flexibility index (Phi) is 6.12. The van der Waals surface area contributed by atoms with Gasteiger partial charge in [0.25, 0.3) is 0 Å². The van der Waals surface area contributed by atoms with E-state index in [1.807, 2.05) is 12.1 Å². The van der Waals surface area contributed by atoms with Crippen molar-refractivity contribution >= 4 is 28.5 Å². The fourth-order valence-electron chi connectivity index (χ4n) is 3.19. The monoisotopic (exact) mass is 367 g/mol. The highest BCUT2D eigenvalue weighted by molar-refractivity contribution is 6.02. The van der Waals surface area contributed by atoms with Crippen molar-refractivity contribution < 1.29 is 9.50 Å². The molecule has 1 heterocycles. The zero-order valence-electron chi connectivity index (χ0n) is 15.9. The third kappa shape index (κ3) is 4.48. The molecule has 0 bridgehead atoms. The van der Waals surface area contributed by atoms with Crippen LogP contribution in [-0.4, -0.2) is 29.4 Å². The molecule has 142 valence electrons. The van der Waals surface area contributed by atoms with Gasteiger partial charge in [-0.15, -0.1) is 0 Å². The van der Waals surface area contributed by atoms with E-state index < -0.39 is 0 Å². The quantitative estimate of drug-likeness (QED) is 0.496. The first-order chi connectivity index (χ1) is 13.1. The standard InChI is InChI=1S/C22H26FN3O/c1-3-5-13-26(12-4-2)18-9-7-17(8-10-18)24-15-20-19-11-6-16(23)14-21(19)25-22(20)27/h6-11,14-15,25,27H,3-5,12-13H2,1-2H3. The number of aromatic hydroxyl groups is 1. The van der Waals surface area contributed by atoms with Crippen LogP contribution in [0.3, 0.4) is 0 Å². The molecule has 4 nitrogen and oxygen atoms in total. The van der Waals surface area contributed by atoms with E-state index in [0.717, 1.165) is 30.6 Å². The third-order valence-electron chi connectivity index (χ3n) is 4.61. The zero-order chi connectivity index (χ0) is 19.2. The van der Waals surface area contributed by atoms with Gasteiger partial charge in [-0.3, -0.25) is 4.99 Å². The number of rotatable bonds is 8. The van der Waals surface area contributed by atoms with Gasteiger partial charge in [0.05, 0.1) is 16.8 Å². The topological polar surface area (TPSA) is 51.6 Å². The Hall–Kier alpha value is -2.82. The number of hydrogen-bond donors (Lipinski definition) is 2. The smallest absolute Gasteiger partial charge is 0.198 e. The number of hydrogen-bond acceptors (Lipinski definition) is 3. The Morgan fingerprint density at radius 1 is 1.07 bits per heavy atom. The van der Waals surface area contributed by atoms with Gasteiger partial charge >= 0.3 is 0 Å². The SMILES string of the molecule is CCCCN(CCC)c1ccc(N=Cc2c(O)[nH]c3cc(F)ccc23)cc1. The average molecular weight is 367 g/mol. The van der Waals surface area contributed by atoms with Crippen LogP contribution >= 0.6 is 0 Å². The fourth-order valence-corrected chi connectivity index (χ4v) is 3.19. The average Bonchev–Trinajstić information content (AvgIpc) is 2.98. The highest BCUT2D eigenvalue weighted by atomic mass is 19.1. The number of halogens is 1. The van der Waals surface area contributed by atoms with Crippen molar-refractivity contribution in [3.63, 3.8) is 0 Å². The molecule has 5 heteroatoms. The summed E-state index contributed by atoms with van der Waals surface area (Å²) in [6.45, 7) is 6.50. The maximum absolute atomic E-state index is 13.3. The van der Waals surface area contributed by atoms with Crippen LogP contribution in [0.2, 0.25) is 0 Å². The molecule has 0 aliphatic rings.